The molecule has 4 heteroatoms. The van der Waals surface area contributed by atoms with E-state index in [-0.39, 0.29) is 6.04 Å². The minimum Gasteiger partial charge on any atom is -0.468 e. The Morgan fingerprint density at radius 1 is 1.62 bits per heavy atom. The van der Waals surface area contributed by atoms with Gasteiger partial charge in [-0.05, 0) is 12.1 Å². The molecule has 0 aliphatic rings. The van der Waals surface area contributed by atoms with Crippen molar-refractivity contribution in [3.8, 4) is 0 Å². The van der Waals surface area contributed by atoms with E-state index in [0.29, 0.717) is 6.54 Å². The molecule has 0 aliphatic heterocycles. The molecule has 4 nitrogen and oxygen atoms in total. The van der Waals surface area contributed by atoms with Crippen LogP contribution in [0.15, 0.2) is 41.5 Å². The number of nitrogens with zero attached hydrogens (tertiary/aromatic N) is 2. The molecule has 1 atom stereocenters. The van der Waals surface area contributed by atoms with Crippen molar-refractivity contribution in [2.45, 2.75) is 12.6 Å². The van der Waals surface area contributed by atoms with E-state index in [1.807, 2.05) is 22.9 Å². The van der Waals surface area contributed by atoms with Gasteiger partial charge >= 0.3 is 0 Å². The van der Waals surface area contributed by atoms with Crippen molar-refractivity contribution >= 4 is 0 Å². The standard InChI is InChI=1S/C9H11N3O/c10-8(9-2-1-5-13-9)6-12-4-3-11-7-12/h1-5,7-8H,6,10H2. The van der Waals surface area contributed by atoms with Gasteiger partial charge in [-0.15, -0.1) is 0 Å². The first-order valence-electron chi connectivity index (χ1n) is 4.11. The van der Waals surface area contributed by atoms with Crippen LogP contribution in [0.4, 0.5) is 0 Å². The zero-order valence-corrected chi connectivity index (χ0v) is 7.13. The number of hydrogen-bond donors (Lipinski definition) is 1. The Kier molecular flexibility index (Phi) is 2.14. The van der Waals surface area contributed by atoms with Crippen LogP contribution < -0.4 is 5.73 Å². The monoisotopic (exact) mass is 177 g/mol. The highest BCUT2D eigenvalue weighted by Crippen LogP contribution is 2.12. The second kappa shape index (κ2) is 3.45. The summed E-state index contributed by atoms with van der Waals surface area (Å²) in [5.74, 6) is 0.800. The highest BCUT2D eigenvalue weighted by molar-refractivity contribution is 5.03. The van der Waals surface area contributed by atoms with E-state index in [1.54, 1.807) is 18.8 Å². The van der Waals surface area contributed by atoms with Crippen LogP contribution in [0, 0.1) is 0 Å². The molecule has 0 aromatic carbocycles. The summed E-state index contributed by atoms with van der Waals surface area (Å²) in [6.45, 7) is 0.688. The van der Waals surface area contributed by atoms with Crippen molar-refractivity contribution in [3.63, 3.8) is 0 Å². The topological polar surface area (TPSA) is 57.0 Å². The third kappa shape index (κ3) is 1.78. The summed E-state index contributed by atoms with van der Waals surface area (Å²) in [7, 11) is 0. The second-order valence-electron chi connectivity index (χ2n) is 2.88. The van der Waals surface area contributed by atoms with E-state index >= 15 is 0 Å². The molecule has 0 saturated heterocycles. The fraction of sp³-hybridized carbons (Fsp3) is 0.222. The van der Waals surface area contributed by atoms with Crippen LogP contribution in [0.1, 0.15) is 11.8 Å². The van der Waals surface area contributed by atoms with Crippen LogP contribution in [0.3, 0.4) is 0 Å². The molecule has 2 heterocycles. The number of furan rings is 1. The third-order valence-electron chi connectivity index (χ3n) is 1.88. The SMILES string of the molecule is NC(Cn1ccnc1)c1ccco1. The Labute approximate surface area is 76.0 Å². The van der Waals surface area contributed by atoms with Crippen molar-refractivity contribution in [1.29, 1.82) is 0 Å². The number of hydrogen-bond acceptors (Lipinski definition) is 3. The average Bonchev–Trinajstić information content (AvgIpc) is 2.74. The number of aromatic nitrogens is 2. The van der Waals surface area contributed by atoms with Crippen LogP contribution >= 0.6 is 0 Å². The molecule has 2 rings (SSSR count). The summed E-state index contributed by atoms with van der Waals surface area (Å²) >= 11 is 0. The largest absolute Gasteiger partial charge is 0.468 e. The van der Waals surface area contributed by atoms with Crippen LogP contribution in [0.2, 0.25) is 0 Å². The van der Waals surface area contributed by atoms with E-state index in [0.717, 1.165) is 5.76 Å². The summed E-state index contributed by atoms with van der Waals surface area (Å²) in [6, 6.07) is 3.61. The molecule has 0 fully saturated rings. The summed E-state index contributed by atoms with van der Waals surface area (Å²) in [6.07, 6.45) is 6.98. The summed E-state index contributed by atoms with van der Waals surface area (Å²) < 4.78 is 7.11. The number of nitrogens with two attached hydrogens (primary N) is 1. The average molecular weight is 177 g/mol. The van der Waals surface area contributed by atoms with E-state index in [2.05, 4.69) is 4.98 Å². The first-order chi connectivity index (χ1) is 6.36. The predicted molar refractivity (Wildman–Crippen MR) is 47.9 cm³/mol. The molecule has 0 radical (unpaired) electrons. The van der Waals surface area contributed by atoms with Crippen molar-refractivity contribution in [1.82, 2.24) is 9.55 Å². The van der Waals surface area contributed by atoms with Gasteiger partial charge in [0.05, 0.1) is 18.6 Å². The van der Waals surface area contributed by atoms with Crippen molar-refractivity contribution in [3.05, 3.63) is 42.9 Å². The predicted octanol–water partition coefficient (Wildman–Crippen LogP) is 1.18. The Balaban J connectivity index is 2.04. The molecule has 2 aromatic heterocycles. The van der Waals surface area contributed by atoms with Crippen LogP contribution in [0.25, 0.3) is 0 Å². The molecule has 2 N–H and O–H groups in total. The van der Waals surface area contributed by atoms with E-state index in [9.17, 15) is 0 Å². The number of rotatable bonds is 3. The normalized spacial score (nSPS) is 13.0. The minimum absolute atomic E-state index is 0.107. The molecular formula is C9H11N3O. The first kappa shape index (κ1) is 8.07. The van der Waals surface area contributed by atoms with E-state index in [4.69, 9.17) is 10.2 Å². The molecule has 13 heavy (non-hydrogen) atoms. The molecule has 2 aromatic rings. The molecule has 0 saturated carbocycles. The van der Waals surface area contributed by atoms with Gasteiger partial charge in [0.2, 0.25) is 0 Å². The molecule has 0 aliphatic carbocycles. The van der Waals surface area contributed by atoms with Gasteiger partial charge in [0.25, 0.3) is 0 Å². The van der Waals surface area contributed by atoms with Crippen molar-refractivity contribution < 1.29 is 4.42 Å². The van der Waals surface area contributed by atoms with Gasteiger partial charge in [-0.3, -0.25) is 0 Å². The molecule has 1 unspecified atom stereocenters. The first-order valence-corrected chi connectivity index (χ1v) is 4.11. The summed E-state index contributed by atoms with van der Waals surface area (Å²) in [5, 5.41) is 0. The van der Waals surface area contributed by atoms with Gasteiger partial charge in [-0.25, -0.2) is 4.98 Å². The zero-order chi connectivity index (χ0) is 9.10. The minimum atomic E-state index is -0.107. The third-order valence-corrected chi connectivity index (χ3v) is 1.88. The molecule has 0 bridgehead atoms. The van der Waals surface area contributed by atoms with Gasteiger partial charge in [0.15, 0.2) is 0 Å². The maximum atomic E-state index is 5.89. The van der Waals surface area contributed by atoms with Gasteiger partial charge in [0.1, 0.15) is 5.76 Å². The Morgan fingerprint density at radius 2 is 2.54 bits per heavy atom. The second-order valence-corrected chi connectivity index (χ2v) is 2.88. The molecule has 68 valence electrons. The number of imidazole rings is 1. The van der Waals surface area contributed by atoms with Crippen molar-refractivity contribution in [2.24, 2.45) is 5.73 Å². The Bertz CT molecular complexity index is 339. The van der Waals surface area contributed by atoms with Gasteiger partial charge in [-0.1, -0.05) is 0 Å². The molecule has 0 amide bonds. The quantitative estimate of drug-likeness (QED) is 0.765. The van der Waals surface area contributed by atoms with E-state index < -0.39 is 0 Å². The van der Waals surface area contributed by atoms with Gasteiger partial charge in [0, 0.05) is 18.9 Å². The molecule has 0 spiro atoms. The summed E-state index contributed by atoms with van der Waals surface area (Å²) in [4.78, 5) is 3.93. The smallest absolute Gasteiger partial charge is 0.122 e. The maximum Gasteiger partial charge on any atom is 0.122 e. The highest BCUT2D eigenvalue weighted by atomic mass is 16.3. The lowest BCUT2D eigenvalue weighted by Gasteiger charge is -2.08. The molecular weight excluding hydrogens is 166 g/mol. The van der Waals surface area contributed by atoms with Crippen LogP contribution in [0.5, 0.6) is 0 Å². The summed E-state index contributed by atoms with van der Waals surface area (Å²) in [5.41, 5.74) is 5.89. The van der Waals surface area contributed by atoms with Gasteiger partial charge in [-0.2, -0.15) is 0 Å². The maximum absolute atomic E-state index is 5.89. The lowest BCUT2D eigenvalue weighted by molar-refractivity contribution is 0.434. The van der Waals surface area contributed by atoms with Gasteiger partial charge < -0.3 is 14.7 Å². The highest BCUT2D eigenvalue weighted by Gasteiger charge is 2.08. The van der Waals surface area contributed by atoms with E-state index in [1.165, 1.54) is 0 Å². The zero-order valence-electron chi connectivity index (χ0n) is 7.13. The lowest BCUT2D eigenvalue weighted by atomic mass is 10.2. The fourth-order valence-corrected chi connectivity index (χ4v) is 1.21. The van der Waals surface area contributed by atoms with Crippen LogP contribution in [-0.4, -0.2) is 9.55 Å². The van der Waals surface area contributed by atoms with Crippen molar-refractivity contribution in [2.75, 3.05) is 0 Å². The van der Waals surface area contributed by atoms with Crippen LogP contribution in [-0.2, 0) is 6.54 Å². The Hall–Kier alpha value is -1.55. The Morgan fingerprint density at radius 3 is 3.15 bits per heavy atom. The fourth-order valence-electron chi connectivity index (χ4n) is 1.21. The lowest BCUT2D eigenvalue weighted by Crippen LogP contribution is -2.15.